The molecule has 7 heteroatoms. The van der Waals surface area contributed by atoms with Crippen molar-refractivity contribution in [2.24, 2.45) is 5.92 Å². The molecule has 0 amide bonds. The van der Waals surface area contributed by atoms with Gasteiger partial charge < -0.3 is 15.5 Å². The van der Waals surface area contributed by atoms with Gasteiger partial charge in [0.05, 0.1) is 17.8 Å². The summed E-state index contributed by atoms with van der Waals surface area (Å²) in [6, 6.07) is 11.4. The van der Waals surface area contributed by atoms with E-state index >= 15 is 0 Å². The van der Waals surface area contributed by atoms with Gasteiger partial charge in [0.2, 0.25) is 0 Å². The molecule has 2 aromatic heterocycles. The van der Waals surface area contributed by atoms with Crippen molar-refractivity contribution in [2.45, 2.75) is 31.6 Å². The van der Waals surface area contributed by atoms with Crippen LogP contribution in [0.5, 0.6) is 0 Å². The second kappa shape index (κ2) is 6.54. The number of aliphatic hydroxyl groups is 2. The summed E-state index contributed by atoms with van der Waals surface area (Å²) in [5.74, 6) is 0.431. The summed E-state index contributed by atoms with van der Waals surface area (Å²) in [5.41, 5.74) is 3.11. The third kappa shape index (κ3) is 2.84. The van der Waals surface area contributed by atoms with Crippen molar-refractivity contribution in [2.75, 3.05) is 5.32 Å². The molecule has 1 radical (unpaired) electrons. The molecule has 6 nitrogen and oxygen atoms in total. The average Bonchev–Trinajstić information content (AvgIpc) is 3.16. The molecule has 0 bridgehead atoms. The van der Waals surface area contributed by atoms with Crippen LogP contribution >= 0.6 is 11.6 Å². The van der Waals surface area contributed by atoms with Gasteiger partial charge in [0.25, 0.3) is 0 Å². The zero-order valence-electron chi connectivity index (χ0n) is 14.3. The van der Waals surface area contributed by atoms with Gasteiger partial charge in [0.15, 0.2) is 5.65 Å². The van der Waals surface area contributed by atoms with E-state index in [1.54, 1.807) is 4.52 Å². The first-order chi connectivity index (χ1) is 12.5. The molecule has 0 aliphatic heterocycles. The van der Waals surface area contributed by atoms with Gasteiger partial charge in [0.1, 0.15) is 17.1 Å². The van der Waals surface area contributed by atoms with Gasteiger partial charge in [-0.25, -0.2) is 4.98 Å². The van der Waals surface area contributed by atoms with Gasteiger partial charge in [-0.15, -0.1) is 0 Å². The maximum atomic E-state index is 10.3. The summed E-state index contributed by atoms with van der Waals surface area (Å²) in [4.78, 5) is 4.41. The molecule has 1 aliphatic carbocycles. The maximum absolute atomic E-state index is 10.3. The lowest BCUT2D eigenvalue weighted by molar-refractivity contribution is 0.0256. The number of hydrogen-bond donors (Lipinski definition) is 3. The van der Waals surface area contributed by atoms with Gasteiger partial charge in [-0.1, -0.05) is 41.9 Å². The Morgan fingerprint density at radius 3 is 2.62 bits per heavy atom. The number of aromatic nitrogens is 3. The summed E-state index contributed by atoms with van der Waals surface area (Å²) in [6.45, 7) is 5.74. The van der Waals surface area contributed by atoms with E-state index in [2.05, 4.69) is 22.3 Å². The Bertz CT molecular complexity index is 944. The first kappa shape index (κ1) is 17.3. The molecule has 4 rings (SSSR count). The highest BCUT2D eigenvalue weighted by molar-refractivity contribution is 6.30. The lowest BCUT2D eigenvalue weighted by Gasteiger charge is -2.21. The van der Waals surface area contributed by atoms with Gasteiger partial charge in [-0.05, 0) is 26.2 Å². The highest BCUT2D eigenvalue weighted by atomic mass is 35.5. The van der Waals surface area contributed by atoms with E-state index in [-0.39, 0.29) is 12.0 Å². The topological polar surface area (TPSA) is 82.7 Å². The normalized spacial score (nSPS) is 25.7. The third-order valence-electron chi connectivity index (χ3n) is 4.97. The van der Waals surface area contributed by atoms with Crippen LogP contribution in [0.3, 0.4) is 0 Å². The molecule has 2 unspecified atom stereocenters. The van der Waals surface area contributed by atoms with Crippen molar-refractivity contribution in [1.82, 2.24) is 14.6 Å². The molecular weight excluding hydrogens is 352 g/mol. The first-order valence-electron chi connectivity index (χ1n) is 8.52. The minimum Gasteiger partial charge on any atom is -0.390 e. The monoisotopic (exact) mass is 371 g/mol. The molecule has 1 saturated carbocycles. The highest BCUT2D eigenvalue weighted by Crippen LogP contribution is 2.32. The van der Waals surface area contributed by atoms with E-state index in [0.29, 0.717) is 23.0 Å². The maximum Gasteiger partial charge on any atom is 0.159 e. The van der Waals surface area contributed by atoms with E-state index in [1.165, 1.54) is 0 Å². The third-order valence-corrected chi connectivity index (χ3v) is 5.34. The van der Waals surface area contributed by atoms with Crippen LogP contribution in [0.2, 0.25) is 5.15 Å². The number of nitrogens with zero attached hydrogens (tertiary/aromatic N) is 3. The first-order valence-corrected chi connectivity index (χ1v) is 8.90. The number of hydrogen-bond acceptors (Lipinski definition) is 5. The second-order valence-electron chi connectivity index (χ2n) is 6.77. The predicted octanol–water partition coefficient (Wildman–Crippen LogP) is 2.71. The fraction of sp³-hybridized carbons (Fsp3) is 0.316. The van der Waals surface area contributed by atoms with Crippen LogP contribution in [0.15, 0.2) is 36.4 Å². The van der Waals surface area contributed by atoms with Crippen LogP contribution in [0.1, 0.15) is 12.0 Å². The molecule has 1 aromatic carbocycles. The molecule has 0 spiro atoms. The number of anilines is 1. The summed E-state index contributed by atoms with van der Waals surface area (Å²) in [5, 5.41) is 28.6. The fourth-order valence-electron chi connectivity index (χ4n) is 3.42. The molecule has 4 atom stereocenters. The number of halogens is 1. The zero-order chi connectivity index (χ0) is 18.4. The van der Waals surface area contributed by atoms with Crippen molar-refractivity contribution >= 4 is 23.1 Å². The molecule has 26 heavy (non-hydrogen) atoms. The van der Waals surface area contributed by atoms with Gasteiger partial charge in [-0.3, -0.25) is 0 Å². The number of rotatable bonds is 3. The van der Waals surface area contributed by atoms with Crippen LogP contribution in [0, 0.1) is 19.8 Å². The Balaban J connectivity index is 1.78. The SMILES string of the molecule is [CH2][C@@H]1CC(Nc2c(C)c(Cl)nc3cc(-c4ccccc4)nn23)C(O)[C@@H]1O. The average molecular weight is 372 g/mol. The van der Waals surface area contributed by atoms with Crippen LogP contribution in [-0.4, -0.2) is 43.1 Å². The number of benzene rings is 1. The molecule has 1 fully saturated rings. The van der Waals surface area contributed by atoms with Crippen LogP contribution < -0.4 is 5.32 Å². The smallest absolute Gasteiger partial charge is 0.159 e. The quantitative estimate of drug-likeness (QED) is 0.617. The van der Waals surface area contributed by atoms with Gasteiger partial charge >= 0.3 is 0 Å². The van der Waals surface area contributed by atoms with Crippen LogP contribution in [0.4, 0.5) is 5.82 Å². The summed E-state index contributed by atoms with van der Waals surface area (Å²) < 4.78 is 1.69. The van der Waals surface area contributed by atoms with Crippen LogP contribution in [0.25, 0.3) is 16.9 Å². The van der Waals surface area contributed by atoms with E-state index < -0.39 is 12.2 Å². The summed E-state index contributed by atoms with van der Waals surface area (Å²) in [7, 11) is 0. The Hall–Kier alpha value is -2.15. The number of fused-ring (bicyclic) bond motifs is 1. The van der Waals surface area contributed by atoms with E-state index in [9.17, 15) is 10.2 Å². The Labute approximate surface area is 156 Å². The lowest BCUT2D eigenvalue weighted by Crippen LogP contribution is -2.35. The molecule has 1 aliphatic rings. The predicted molar refractivity (Wildman–Crippen MR) is 101 cm³/mol. The van der Waals surface area contributed by atoms with Crippen molar-refractivity contribution in [3.8, 4) is 11.3 Å². The van der Waals surface area contributed by atoms with Crippen molar-refractivity contribution in [3.05, 3.63) is 54.0 Å². The van der Waals surface area contributed by atoms with E-state index in [0.717, 1.165) is 16.8 Å². The fourth-order valence-corrected chi connectivity index (χ4v) is 3.59. The minimum absolute atomic E-state index is 0.229. The van der Waals surface area contributed by atoms with Crippen molar-refractivity contribution < 1.29 is 10.2 Å². The Kier molecular flexibility index (Phi) is 4.34. The highest BCUT2D eigenvalue weighted by Gasteiger charge is 2.39. The zero-order valence-corrected chi connectivity index (χ0v) is 15.1. The minimum atomic E-state index is -0.900. The second-order valence-corrected chi connectivity index (χ2v) is 7.13. The van der Waals surface area contributed by atoms with Crippen molar-refractivity contribution in [3.63, 3.8) is 0 Å². The largest absolute Gasteiger partial charge is 0.390 e. The van der Waals surface area contributed by atoms with E-state index in [4.69, 9.17) is 11.6 Å². The lowest BCUT2D eigenvalue weighted by atomic mass is 10.1. The molecule has 0 saturated heterocycles. The summed E-state index contributed by atoms with van der Waals surface area (Å²) >= 11 is 6.31. The van der Waals surface area contributed by atoms with Crippen molar-refractivity contribution in [1.29, 1.82) is 0 Å². The Morgan fingerprint density at radius 1 is 1.23 bits per heavy atom. The Morgan fingerprint density at radius 2 is 1.96 bits per heavy atom. The number of nitrogens with one attached hydrogen (secondary N) is 1. The molecular formula is C19H20ClN4O2. The van der Waals surface area contributed by atoms with Crippen LogP contribution in [-0.2, 0) is 0 Å². The standard InChI is InChI=1S/C19H20ClN4O2/c1-10-8-14(17(26)16(10)25)21-19-11(2)18(20)22-15-9-13(23-24(15)19)12-6-4-3-5-7-12/h3-7,9-10,14,16-17,21,25-26H,1,8H2,2H3/t10-,14?,16-,17?/m1/s1. The van der Waals surface area contributed by atoms with Gasteiger partial charge in [-0.2, -0.15) is 9.61 Å². The van der Waals surface area contributed by atoms with E-state index in [1.807, 2.05) is 43.3 Å². The number of aliphatic hydroxyl groups excluding tert-OH is 2. The van der Waals surface area contributed by atoms with Gasteiger partial charge in [0, 0.05) is 17.2 Å². The summed E-state index contributed by atoms with van der Waals surface area (Å²) in [6.07, 6.45) is -1.20. The molecule has 3 N–H and O–H groups in total. The molecule has 135 valence electrons. The molecule has 3 aromatic rings. The molecule has 2 heterocycles.